The van der Waals surface area contributed by atoms with Crippen LogP contribution >= 0.6 is 0 Å². The van der Waals surface area contributed by atoms with Gasteiger partial charge >= 0.3 is 11.9 Å². The maximum absolute atomic E-state index is 12.8. The Bertz CT molecular complexity index is 1180. The molecule has 0 rings (SSSR count). The highest BCUT2D eigenvalue weighted by atomic mass is 16.5. The molecule has 2 atom stereocenters. The molecule has 0 spiro atoms. The van der Waals surface area contributed by atoms with Crippen LogP contribution in [0.3, 0.4) is 0 Å². The fraction of sp³-hybridized carbons (Fsp3) is 0.667. The molecular weight excluding hydrogens is 721 g/mol. The normalized spacial score (nSPS) is 13.4. The van der Waals surface area contributed by atoms with Gasteiger partial charge in [0.25, 0.3) is 0 Å². The van der Waals surface area contributed by atoms with Gasteiger partial charge in [0.1, 0.15) is 12.1 Å². The third kappa shape index (κ3) is 40.7. The Morgan fingerprint density at radius 3 is 1.52 bits per heavy atom. The lowest BCUT2D eigenvalue weighted by atomic mass is 10.1. The first-order chi connectivity index (χ1) is 28.4. The fourth-order valence-corrected chi connectivity index (χ4v) is 6.43. The molecule has 0 aliphatic carbocycles. The van der Waals surface area contributed by atoms with Crippen LogP contribution in [0.1, 0.15) is 200 Å². The molecule has 7 heteroatoms. The number of hydrogen-bond acceptors (Lipinski definition) is 5. The van der Waals surface area contributed by atoms with Crippen molar-refractivity contribution in [2.75, 3.05) is 6.54 Å². The summed E-state index contributed by atoms with van der Waals surface area (Å²) in [7, 11) is 0. The number of nitrogens with two attached hydrogens (primary N) is 1. The second kappa shape index (κ2) is 44.6. The third-order valence-corrected chi connectivity index (χ3v) is 9.93. The van der Waals surface area contributed by atoms with E-state index in [1.807, 2.05) is 12.2 Å². The van der Waals surface area contributed by atoms with Gasteiger partial charge in [0.15, 0.2) is 0 Å². The van der Waals surface area contributed by atoms with Gasteiger partial charge in [-0.3, -0.25) is 9.59 Å². The van der Waals surface area contributed by atoms with E-state index < -0.39 is 12.0 Å². The summed E-state index contributed by atoms with van der Waals surface area (Å²) in [6, 6.07) is -0.916. The van der Waals surface area contributed by atoms with Crippen LogP contribution in [0.2, 0.25) is 0 Å². The van der Waals surface area contributed by atoms with Gasteiger partial charge in [-0.1, -0.05) is 163 Å². The van der Waals surface area contributed by atoms with Gasteiger partial charge in [0.2, 0.25) is 5.91 Å². The fourth-order valence-electron chi connectivity index (χ4n) is 6.43. The van der Waals surface area contributed by atoms with Crippen molar-refractivity contribution < 1.29 is 24.2 Å². The topological polar surface area (TPSA) is 119 Å². The van der Waals surface area contributed by atoms with E-state index in [4.69, 9.17) is 10.5 Å². The summed E-state index contributed by atoms with van der Waals surface area (Å²) in [5, 5.41) is 12.0. The number of carbonyl (C=O) groups excluding carboxylic acids is 2. The number of nitrogens with one attached hydrogen (secondary N) is 1. The molecule has 0 bridgehead atoms. The van der Waals surface area contributed by atoms with Gasteiger partial charge < -0.3 is 20.9 Å². The Morgan fingerprint density at radius 1 is 0.534 bits per heavy atom. The minimum Gasteiger partial charge on any atom is -0.480 e. The zero-order valence-electron chi connectivity index (χ0n) is 37.1. The number of carboxylic acid groups (broad SMARTS) is 1. The molecule has 0 aromatic heterocycles. The van der Waals surface area contributed by atoms with Gasteiger partial charge in [0, 0.05) is 12.8 Å². The zero-order valence-corrected chi connectivity index (χ0v) is 37.1. The second-order valence-electron chi connectivity index (χ2n) is 15.4. The van der Waals surface area contributed by atoms with Crippen LogP contribution in [-0.2, 0) is 19.1 Å². The number of carbonyl (C=O) groups is 3. The highest BCUT2D eigenvalue weighted by molar-refractivity contribution is 5.83. The number of ether oxygens (including phenoxy) is 1. The largest absolute Gasteiger partial charge is 0.480 e. The third-order valence-electron chi connectivity index (χ3n) is 9.93. The number of allylic oxidation sites excluding steroid dienone is 13. The Balaban J connectivity index is 4.42. The van der Waals surface area contributed by atoms with Crippen molar-refractivity contribution in [3.63, 3.8) is 0 Å². The standard InChI is InChI=1S/C51H86N2O5/c1-3-5-7-9-11-13-15-17-19-20-21-22-23-24-25-27-29-31-33-35-37-45-50(55)58-47(42-38-39-44-49(54)53-48(51(56)57)43-40-46-52)41-36-34-32-30-28-26-18-16-14-12-10-8-6-4-2/h6,8,12,14-15,17-18,20-21,26,30,32,36,41,47-48H,3-5,7,9-11,13,16,19,22-25,27-29,31,33-35,37-40,42-46,52H2,1-2H3,(H,53,54)(H,56,57)/b8-6-,14-12-,17-15-,21-20-,26-18-,32-30-,41-36-. The number of hydrogen-bond donors (Lipinski definition) is 3. The van der Waals surface area contributed by atoms with Crippen LogP contribution in [-0.4, -0.2) is 41.6 Å². The van der Waals surface area contributed by atoms with E-state index in [9.17, 15) is 19.5 Å². The minimum absolute atomic E-state index is 0.171. The molecule has 0 aliphatic heterocycles. The van der Waals surface area contributed by atoms with Crippen molar-refractivity contribution in [1.29, 1.82) is 0 Å². The van der Waals surface area contributed by atoms with Crippen molar-refractivity contribution in [3.05, 3.63) is 85.1 Å². The summed E-state index contributed by atoms with van der Waals surface area (Å²) in [6.45, 7) is 4.79. The molecular formula is C51H86N2O5. The molecule has 0 aromatic rings. The predicted octanol–water partition coefficient (Wildman–Crippen LogP) is 13.7. The minimum atomic E-state index is -1.04. The molecule has 0 aliphatic rings. The average molecular weight is 807 g/mol. The Labute approximate surface area is 355 Å². The van der Waals surface area contributed by atoms with Crippen LogP contribution in [0.25, 0.3) is 0 Å². The van der Waals surface area contributed by atoms with E-state index >= 15 is 0 Å². The zero-order chi connectivity index (χ0) is 42.4. The molecule has 1 amide bonds. The first-order valence-electron chi connectivity index (χ1n) is 23.4. The molecule has 0 fully saturated rings. The van der Waals surface area contributed by atoms with E-state index in [0.717, 1.165) is 57.8 Å². The maximum Gasteiger partial charge on any atom is 0.326 e. The van der Waals surface area contributed by atoms with Crippen molar-refractivity contribution in [1.82, 2.24) is 5.32 Å². The van der Waals surface area contributed by atoms with Crippen molar-refractivity contribution in [2.24, 2.45) is 5.73 Å². The number of unbranched alkanes of at least 4 members (excludes halogenated alkanes) is 15. The number of rotatable bonds is 41. The summed E-state index contributed by atoms with van der Waals surface area (Å²) >= 11 is 0. The first kappa shape index (κ1) is 54.6. The Morgan fingerprint density at radius 2 is 1.00 bits per heavy atom. The van der Waals surface area contributed by atoms with Gasteiger partial charge in [-0.25, -0.2) is 4.79 Å². The van der Waals surface area contributed by atoms with E-state index in [0.29, 0.717) is 45.1 Å². The number of esters is 1. The van der Waals surface area contributed by atoms with E-state index in [-0.39, 0.29) is 24.4 Å². The lowest BCUT2D eigenvalue weighted by Crippen LogP contribution is -2.40. The van der Waals surface area contributed by atoms with Crippen LogP contribution < -0.4 is 11.1 Å². The smallest absolute Gasteiger partial charge is 0.326 e. The molecule has 0 heterocycles. The molecule has 7 nitrogen and oxygen atoms in total. The summed E-state index contributed by atoms with van der Waals surface area (Å²) in [5.74, 6) is -1.49. The molecule has 0 saturated heterocycles. The lowest BCUT2D eigenvalue weighted by molar-refractivity contribution is -0.147. The highest BCUT2D eigenvalue weighted by Gasteiger charge is 2.19. The molecule has 330 valence electrons. The van der Waals surface area contributed by atoms with Crippen molar-refractivity contribution in [2.45, 2.75) is 212 Å². The average Bonchev–Trinajstić information content (AvgIpc) is 3.21. The monoisotopic (exact) mass is 807 g/mol. The summed E-state index contributed by atoms with van der Waals surface area (Å²) in [6.07, 6.45) is 59.3. The molecule has 0 radical (unpaired) electrons. The van der Waals surface area contributed by atoms with Crippen LogP contribution in [0, 0.1) is 0 Å². The van der Waals surface area contributed by atoms with Gasteiger partial charge in [-0.2, -0.15) is 0 Å². The van der Waals surface area contributed by atoms with Crippen LogP contribution in [0.15, 0.2) is 85.1 Å². The van der Waals surface area contributed by atoms with Gasteiger partial charge in [0.05, 0.1) is 0 Å². The maximum atomic E-state index is 12.8. The molecule has 0 saturated carbocycles. The Hall–Kier alpha value is -3.45. The number of carboxylic acids is 1. The first-order valence-corrected chi connectivity index (χ1v) is 23.4. The van der Waals surface area contributed by atoms with E-state index in [1.54, 1.807) is 0 Å². The van der Waals surface area contributed by atoms with Crippen LogP contribution in [0.4, 0.5) is 0 Å². The summed E-state index contributed by atoms with van der Waals surface area (Å²) < 4.78 is 5.89. The lowest BCUT2D eigenvalue weighted by Gasteiger charge is -2.16. The summed E-state index contributed by atoms with van der Waals surface area (Å²) in [5.41, 5.74) is 5.51. The molecule has 58 heavy (non-hydrogen) atoms. The number of amides is 1. The summed E-state index contributed by atoms with van der Waals surface area (Å²) in [4.78, 5) is 36.7. The van der Waals surface area contributed by atoms with Crippen molar-refractivity contribution >= 4 is 17.8 Å². The number of aliphatic carboxylic acids is 1. The predicted molar refractivity (Wildman–Crippen MR) is 248 cm³/mol. The molecule has 0 aromatic carbocycles. The van der Waals surface area contributed by atoms with Gasteiger partial charge in [-0.05, 0) is 115 Å². The van der Waals surface area contributed by atoms with Crippen LogP contribution in [0.5, 0.6) is 0 Å². The Kier molecular flexibility index (Phi) is 42.0. The van der Waals surface area contributed by atoms with E-state index in [1.165, 1.54) is 83.5 Å². The van der Waals surface area contributed by atoms with Crippen molar-refractivity contribution in [3.8, 4) is 0 Å². The van der Waals surface area contributed by atoms with Gasteiger partial charge in [-0.15, -0.1) is 0 Å². The second-order valence-corrected chi connectivity index (χ2v) is 15.4. The molecule has 2 unspecified atom stereocenters. The SMILES string of the molecule is CC/C=C\C/C=C\C/C=C\C/C=C\C/C=C\C(CCCCC(=O)NC(CCCN)C(=O)O)OC(=O)CCCCCCCCCCC/C=C\C/C=C\CCCCCCC. The quantitative estimate of drug-likeness (QED) is 0.0322. The van der Waals surface area contributed by atoms with E-state index in [2.05, 4.69) is 92.1 Å². The molecule has 4 N–H and O–H groups in total. The highest BCUT2D eigenvalue weighted by Crippen LogP contribution is 2.15.